The number of nitrogens with zero attached hydrogens (tertiary/aromatic N) is 12. The van der Waals surface area contributed by atoms with Crippen LogP contribution in [0.4, 0.5) is 52.7 Å². The third-order valence-electron chi connectivity index (χ3n) is 20.3. The number of fused-ring (bicyclic) bond motifs is 3. The summed E-state index contributed by atoms with van der Waals surface area (Å²) in [6.07, 6.45) is -29.2. The van der Waals surface area contributed by atoms with Crippen LogP contribution < -0.4 is 16.7 Å². The van der Waals surface area contributed by atoms with Crippen molar-refractivity contribution in [2.75, 3.05) is 78.2 Å². The maximum absolute atomic E-state index is 15.4. The summed E-state index contributed by atoms with van der Waals surface area (Å²) < 4.78 is 656. The van der Waals surface area contributed by atoms with Crippen LogP contribution >= 0.6 is 35.3 Å². The van der Waals surface area contributed by atoms with Crippen LogP contribution in [0.1, 0.15) is 227 Å². The molecule has 12 aromatic rings. The predicted molar refractivity (Wildman–Crippen MR) is 544 cm³/mol. The number of halogens is 12. The molecule has 2 unspecified atom stereocenters. The summed E-state index contributed by atoms with van der Waals surface area (Å²) >= 11 is -0.339. The van der Waals surface area contributed by atoms with E-state index in [1.54, 1.807) is 0 Å². The number of aromatic nitrogens is 6. The summed E-state index contributed by atoms with van der Waals surface area (Å²) in [6, 6.07) is -3.60. The molecule has 144 heavy (non-hydrogen) atoms. The molecular formula is C111H120F12N12O6S3. The van der Waals surface area contributed by atoms with Gasteiger partial charge in [0.25, 0.3) is 16.7 Å². The number of benzene rings is 9. The van der Waals surface area contributed by atoms with Gasteiger partial charge in [0.2, 0.25) is 17.7 Å². The molecule has 0 radical (unpaired) electrons. The number of hydrogen-bond acceptors (Lipinski definition) is 15. The fraction of sp³-hybridized carbons (Fsp3) is 0.378. The Morgan fingerprint density at radius 3 is 1.06 bits per heavy atom. The monoisotopic (exact) mass is 2100 g/mol. The highest BCUT2D eigenvalue weighted by Crippen LogP contribution is 2.39. The van der Waals surface area contributed by atoms with Gasteiger partial charge in [0.1, 0.15) is 36.9 Å². The van der Waals surface area contributed by atoms with Crippen LogP contribution in [0.5, 0.6) is 0 Å². The Morgan fingerprint density at radius 1 is 0.382 bits per heavy atom. The molecule has 0 fully saturated rings. The van der Waals surface area contributed by atoms with Gasteiger partial charge in [-0.1, -0.05) is 236 Å². The van der Waals surface area contributed by atoms with E-state index >= 15 is 14.4 Å². The number of hydrogen-bond donors (Lipinski definition) is 0. The molecule has 0 saturated heterocycles. The van der Waals surface area contributed by atoms with Crippen LogP contribution in [-0.4, -0.2) is 154 Å². The molecule has 3 aliphatic carbocycles. The van der Waals surface area contributed by atoms with Crippen molar-refractivity contribution in [2.24, 2.45) is 11.8 Å². The van der Waals surface area contributed by atoms with Crippen molar-refractivity contribution in [3.63, 3.8) is 0 Å². The van der Waals surface area contributed by atoms with E-state index in [9.17, 15) is 91.7 Å². The van der Waals surface area contributed by atoms with Crippen molar-refractivity contribution in [1.82, 2.24) is 58.1 Å². The number of likely N-dealkylation sites (N-methyl/N-ethyl adjacent to an activating group) is 3. The number of alkyl halides is 9. The fourth-order valence-corrected chi connectivity index (χ4v) is 15.1. The Morgan fingerprint density at radius 2 is 0.701 bits per heavy atom. The lowest BCUT2D eigenvalue weighted by molar-refractivity contribution is -0.138. The first-order valence-electron chi connectivity index (χ1n) is 70.7. The first-order chi connectivity index (χ1) is 90.2. The van der Waals surface area contributed by atoms with Gasteiger partial charge in [-0.3, -0.25) is 28.8 Å². The molecule has 9 aromatic carbocycles. The van der Waals surface area contributed by atoms with Crippen molar-refractivity contribution in [3.8, 4) is 33.4 Å². The minimum absolute atomic E-state index is 0.0212. The Kier molecular flexibility index (Phi) is 20.0. The molecule has 3 aliphatic rings. The van der Waals surface area contributed by atoms with E-state index in [0.29, 0.717) is 16.4 Å². The molecule has 33 heteroatoms. The third-order valence-corrected chi connectivity index (χ3v) is 22.7. The lowest BCUT2D eigenvalue weighted by Gasteiger charge is -2.28. The molecule has 0 N–H and O–H groups in total. The van der Waals surface area contributed by atoms with Gasteiger partial charge < -0.3 is 43.1 Å². The van der Waals surface area contributed by atoms with Crippen LogP contribution in [0.3, 0.4) is 0 Å². The molecule has 2 atom stereocenters. The number of thioether (sulfide) groups is 3. The lowest BCUT2D eigenvalue weighted by atomic mass is 9.98. The first-order valence-corrected chi connectivity index (χ1v) is 45.7. The average Bonchev–Trinajstić information content (AvgIpc) is 1.51. The highest BCUT2D eigenvalue weighted by molar-refractivity contribution is 7.98. The molecule has 3 amide bonds. The number of carbonyl (C=O) groups is 3. The molecule has 18 nitrogen and oxygen atoms in total. The molecular weight excluding hydrogens is 1920 g/mol. The molecule has 0 bridgehead atoms. The second-order valence-electron chi connectivity index (χ2n) is 30.1. The highest BCUT2D eigenvalue weighted by Gasteiger charge is 2.36. The topological polar surface area (TPSA) is 175 Å². The van der Waals surface area contributed by atoms with Crippen molar-refractivity contribution in [1.29, 1.82) is 0 Å². The van der Waals surface area contributed by atoms with Gasteiger partial charge in [-0.25, -0.2) is 13.2 Å². The smallest absolute Gasteiger partial charge is 0.336 e. The first kappa shape index (κ1) is 57.3. The van der Waals surface area contributed by atoms with Crippen LogP contribution in [0, 0.1) is 36.2 Å². The van der Waals surface area contributed by atoms with Gasteiger partial charge in [0, 0.05) is 140 Å². The predicted octanol–water partition coefficient (Wildman–Crippen LogP) is 22.5. The summed E-state index contributed by atoms with van der Waals surface area (Å²) in [5, 5.41) is -3.41. The Hall–Kier alpha value is -11.9. The quantitative estimate of drug-likeness (QED) is 0.0202. The normalized spacial score (nSPS) is 23.3. The van der Waals surface area contributed by atoms with Crippen molar-refractivity contribution < 1.29 is 142 Å². The summed E-state index contributed by atoms with van der Waals surface area (Å²) in [7, 11) is 0. The van der Waals surface area contributed by atoms with E-state index < -0.39 is 426 Å². The number of amides is 3. The van der Waals surface area contributed by atoms with Crippen molar-refractivity contribution in [2.45, 2.75) is 197 Å². The minimum Gasteiger partial charge on any atom is -0.336 e. The maximum Gasteiger partial charge on any atom is 0.416 e. The Balaban J connectivity index is 0.000000240. The van der Waals surface area contributed by atoms with Crippen molar-refractivity contribution >= 4 is 53.0 Å². The molecule has 0 aliphatic heterocycles. The zero-order valence-corrected chi connectivity index (χ0v) is 79.4. The van der Waals surface area contributed by atoms with Crippen LogP contribution in [0.25, 0.3) is 33.4 Å². The molecule has 3 aromatic heterocycles. The van der Waals surface area contributed by atoms with E-state index in [0.717, 1.165) is 133 Å². The molecule has 3 heterocycles. The summed E-state index contributed by atoms with van der Waals surface area (Å²) in [5.41, 5.74) is -33.5. The fourth-order valence-electron chi connectivity index (χ4n) is 12.9. The second-order valence-corrected chi connectivity index (χ2v) is 32.5. The van der Waals surface area contributed by atoms with Crippen molar-refractivity contribution in [3.05, 3.63) is 350 Å². The molecule has 15 rings (SSSR count). The zero-order chi connectivity index (χ0) is 152. The molecule has 762 valence electrons. The van der Waals surface area contributed by atoms with Gasteiger partial charge in [-0.05, 0) is 242 Å². The summed E-state index contributed by atoms with van der Waals surface area (Å²) in [6.45, 7) is -39.4. The van der Waals surface area contributed by atoms with E-state index in [-0.39, 0.29) is 123 Å². The average molecular weight is 2100 g/mol. The van der Waals surface area contributed by atoms with Gasteiger partial charge in [0.05, 0.1) is 61.9 Å². The van der Waals surface area contributed by atoms with Gasteiger partial charge in [0.15, 0.2) is 15.5 Å². The van der Waals surface area contributed by atoms with E-state index in [1.165, 1.54) is 53.7 Å². The molecule has 0 spiro atoms. The van der Waals surface area contributed by atoms with E-state index in [4.69, 9.17) is 50.7 Å². The largest absolute Gasteiger partial charge is 0.416 e. The standard InChI is InChI=1S/3C37H40F4N4O2S/c2*1-4-43(5-2)18-19-44(22-26-6-10-28(11-7-26)29-12-14-30(15-13-29)37(39,40)41)34(46)23-45-33-21-25(3)20-32(33)35(47)42-36(45)48-24-27-8-16-31(38)17-9-27;1-4-43(5-2)19-20-44(22-26-9-13-28(14-10-26)29-15-18-32(25(3)21-29)37(39,40)41)34(46)23-45-33-8-6-7-31(33)35(47)42-36(45)48-24-27-11-16-30(38)17-12-27/h2*6-17,25H,4-5,18-24H2,1-3H3;9-18,21H,4-8,19-20,22-24H2,1-3H3/i6D,7D,10D,11D,12D,13D,14D,15D,18D2,19D2,20D2,21D2,22D2,23D2,24D2,25D;18D2,19D2,20D2,21D2,22D2,23D2,24D2,25D;9D,10D,13D,14D,15D,18D,19D2,20D2,21D,22D2,23D2,24D2. The number of rotatable bonds is 39. The van der Waals surface area contributed by atoms with E-state index in [1.807, 2.05) is 0 Å². The van der Waals surface area contributed by atoms with Gasteiger partial charge in [-0.2, -0.15) is 54.5 Å². The minimum atomic E-state index is -5.49. The SMILES string of the molecule is [2H]C([2H])(Sc1nc(=O)c2c(n1C([2H])([2H])C(=O)N(C([2H])([2H])c1ccc(-c3ccc(C(F)(F)F)cc3)cc1)C([2H])([2H])C([2H])([2H])N(CC)CC)C([2H])([2H])C([2H])(C)C2([2H])[2H])c1ccc(F)cc1.[2H]c1c([2H])c(C(F)(F)F)c([2H])c([2H])c1-c1c([2H])c([2H])c(C([2H])([2H])N(C(=O)C([2H])([2H])n2c(SC([2H])([2H])c3ccc(F)cc3)nc(=O)c3c2C([2H])([2H])C([2H])(C)C3([2H])[2H])C([2H])([2H])C([2H])([2H])N(CC)CC)c([2H])c1[2H].[2H]c1c([2H])c(C([2H])([2H])N(C(=O)C([2H])([2H])n2c(SC([2H])([2H])c3ccc(F)cc3)nc(=O)c3c2CCC3)C([2H])([2H])C([2H])([2H])N(CC)CC)c([2H])c([2H])c1-c1c([2H])c([2H])c(C(F)(F)F)c(C)c1[2H]. The summed E-state index contributed by atoms with van der Waals surface area (Å²) in [5.74, 6) is -15.9. The van der Waals surface area contributed by atoms with Crippen LogP contribution in [0.2, 0.25) is 0 Å². The van der Waals surface area contributed by atoms with Gasteiger partial charge in [-0.15, -0.1) is 0 Å². The highest BCUT2D eigenvalue weighted by atomic mass is 32.2. The molecule has 0 saturated carbocycles. The Bertz CT molecular complexity index is 9540. The third kappa shape index (κ3) is 29.5. The van der Waals surface area contributed by atoms with Gasteiger partial charge >= 0.3 is 18.5 Å². The lowest BCUT2D eigenvalue weighted by Crippen LogP contribution is -2.40. The second kappa shape index (κ2) is 50.3. The summed E-state index contributed by atoms with van der Waals surface area (Å²) in [4.78, 5) is 98.1. The maximum atomic E-state index is 15.4. The number of carbonyl (C=O) groups excluding carboxylic acids is 3. The van der Waals surface area contributed by atoms with E-state index in [2.05, 4.69) is 15.0 Å². The zero-order valence-electron chi connectivity index (χ0n) is 132. The van der Waals surface area contributed by atoms with Crippen LogP contribution in [-0.2, 0) is 127 Å². The van der Waals surface area contributed by atoms with Crippen LogP contribution in [0.15, 0.2) is 242 Å². The Labute approximate surface area is 922 Å².